The van der Waals surface area contributed by atoms with Crippen molar-refractivity contribution in [1.82, 2.24) is 4.57 Å². The number of rotatable bonds is 3. The molecule has 2 rings (SSSR count). The summed E-state index contributed by atoms with van der Waals surface area (Å²) in [6, 6.07) is 8.45. The second kappa shape index (κ2) is 4.26. The Morgan fingerprint density at radius 1 is 1.31 bits per heavy atom. The first kappa shape index (κ1) is 11.1. The smallest absolute Gasteiger partial charge is 0.0745 e. The highest BCUT2D eigenvalue weighted by atomic mass is 32.1. The van der Waals surface area contributed by atoms with Gasteiger partial charge < -0.3 is 10.3 Å². The molecule has 0 unspecified atom stereocenters. The lowest BCUT2D eigenvalue weighted by Crippen LogP contribution is -2.12. The summed E-state index contributed by atoms with van der Waals surface area (Å²) in [6.07, 6.45) is 0.758. The Bertz CT molecular complexity index is 540. The molecule has 1 aromatic carbocycles. The zero-order valence-corrected chi connectivity index (χ0v) is 10.5. The molecule has 1 aromatic heterocycles. The Labute approximate surface area is 101 Å². The minimum absolute atomic E-state index is 0.579. The van der Waals surface area contributed by atoms with Gasteiger partial charge in [-0.15, -0.1) is 0 Å². The molecule has 0 aliphatic carbocycles. The third kappa shape index (κ3) is 1.83. The molecular formula is C13H16N2S. The summed E-state index contributed by atoms with van der Waals surface area (Å²) < 4.78 is 2.30. The van der Waals surface area contributed by atoms with Gasteiger partial charge >= 0.3 is 0 Å². The van der Waals surface area contributed by atoms with E-state index in [1.165, 1.54) is 22.2 Å². The molecule has 0 amide bonds. The van der Waals surface area contributed by atoms with E-state index in [0.29, 0.717) is 4.99 Å². The van der Waals surface area contributed by atoms with Gasteiger partial charge in [-0.25, -0.2) is 0 Å². The van der Waals surface area contributed by atoms with Gasteiger partial charge in [0.1, 0.15) is 0 Å². The minimum Gasteiger partial charge on any atom is -0.393 e. The van der Waals surface area contributed by atoms with Crippen LogP contribution in [0.3, 0.4) is 0 Å². The monoisotopic (exact) mass is 232 g/mol. The van der Waals surface area contributed by atoms with Crippen LogP contribution >= 0.6 is 12.2 Å². The second-order valence-corrected chi connectivity index (χ2v) is 4.62. The van der Waals surface area contributed by atoms with E-state index in [-0.39, 0.29) is 0 Å². The van der Waals surface area contributed by atoms with E-state index in [0.717, 1.165) is 13.0 Å². The molecule has 0 aliphatic rings. The molecule has 16 heavy (non-hydrogen) atoms. The van der Waals surface area contributed by atoms with Crippen LogP contribution in [-0.2, 0) is 6.54 Å². The molecule has 0 spiro atoms. The molecule has 1 heterocycles. The van der Waals surface area contributed by atoms with Crippen molar-refractivity contribution in [3.63, 3.8) is 0 Å². The van der Waals surface area contributed by atoms with Crippen LogP contribution < -0.4 is 5.73 Å². The van der Waals surface area contributed by atoms with E-state index in [9.17, 15) is 0 Å². The van der Waals surface area contributed by atoms with E-state index in [1.807, 2.05) is 0 Å². The van der Waals surface area contributed by atoms with Crippen molar-refractivity contribution < 1.29 is 0 Å². The van der Waals surface area contributed by atoms with Crippen LogP contribution in [0.15, 0.2) is 24.3 Å². The van der Waals surface area contributed by atoms with Gasteiger partial charge in [0.25, 0.3) is 0 Å². The predicted octanol–water partition coefficient (Wildman–Crippen LogP) is 2.93. The number of aryl methyl sites for hydroxylation is 2. The fourth-order valence-electron chi connectivity index (χ4n) is 2.11. The summed E-state index contributed by atoms with van der Waals surface area (Å²) in [5.74, 6) is 0. The highest BCUT2D eigenvalue weighted by molar-refractivity contribution is 7.80. The molecule has 0 atom stereocenters. The average Bonchev–Trinajstić information content (AvgIpc) is 2.50. The van der Waals surface area contributed by atoms with Crippen LogP contribution in [0.1, 0.15) is 17.7 Å². The van der Waals surface area contributed by atoms with Crippen molar-refractivity contribution in [3.05, 3.63) is 35.5 Å². The van der Waals surface area contributed by atoms with Crippen LogP contribution in [0, 0.1) is 13.8 Å². The van der Waals surface area contributed by atoms with Gasteiger partial charge in [-0.05, 0) is 25.5 Å². The first-order valence-electron chi connectivity index (χ1n) is 5.44. The summed E-state index contributed by atoms with van der Waals surface area (Å²) in [5, 5.41) is 1.32. The number of nitrogens with zero attached hydrogens (tertiary/aromatic N) is 1. The topological polar surface area (TPSA) is 30.9 Å². The van der Waals surface area contributed by atoms with Crippen molar-refractivity contribution in [2.24, 2.45) is 5.73 Å². The summed E-state index contributed by atoms with van der Waals surface area (Å²) >= 11 is 4.93. The van der Waals surface area contributed by atoms with Crippen LogP contribution in [-0.4, -0.2) is 9.56 Å². The average molecular weight is 232 g/mol. The molecule has 2 N–H and O–H groups in total. The van der Waals surface area contributed by atoms with Gasteiger partial charge in [-0.2, -0.15) is 0 Å². The quantitative estimate of drug-likeness (QED) is 0.825. The van der Waals surface area contributed by atoms with Crippen LogP contribution in [0.4, 0.5) is 0 Å². The summed E-state index contributed by atoms with van der Waals surface area (Å²) in [5.41, 5.74) is 9.48. The Hall–Kier alpha value is -1.35. The predicted molar refractivity (Wildman–Crippen MR) is 72.8 cm³/mol. The molecule has 0 bridgehead atoms. The number of aromatic nitrogens is 1. The van der Waals surface area contributed by atoms with Crippen molar-refractivity contribution in [3.8, 4) is 0 Å². The SMILES string of the molecule is Cc1c(C)n(CCC(N)=S)c2ccccc12. The van der Waals surface area contributed by atoms with Gasteiger partial charge in [0, 0.05) is 29.6 Å². The first-order chi connectivity index (χ1) is 7.61. The molecule has 0 radical (unpaired) electrons. The molecule has 0 saturated heterocycles. The molecule has 2 nitrogen and oxygen atoms in total. The van der Waals surface area contributed by atoms with E-state index in [4.69, 9.17) is 18.0 Å². The van der Waals surface area contributed by atoms with Gasteiger partial charge in [0.05, 0.1) is 4.99 Å². The number of benzene rings is 1. The van der Waals surface area contributed by atoms with Gasteiger partial charge in [-0.1, -0.05) is 30.4 Å². The number of hydrogen-bond donors (Lipinski definition) is 1. The third-order valence-corrected chi connectivity index (χ3v) is 3.33. The Balaban J connectivity index is 2.51. The highest BCUT2D eigenvalue weighted by Crippen LogP contribution is 2.24. The molecule has 84 valence electrons. The number of fused-ring (bicyclic) bond motifs is 1. The maximum atomic E-state index is 5.56. The standard InChI is InChI=1S/C13H16N2S/c1-9-10(2)15(8-7-13(14)16)12-6-4-3-5-11(9)12/h3-6H,7-8H2,1-2H3,(H2,14,16). The second-order valence-electron chi connectivity index (χ2n) is 4.10. The van der Waals surface area contributed by atoms with Crippen LogP contribution in [0.5, 0.6) is 0 Å². The van der Waals surface area contributed by atoms with Crippen molar-refractivity contribution in [1.29, 1.82) is 0 Å². The van der Waals surface area contributed by atoms with E-state index < -0.39 is 0 Å². The summed E-state index contributed by atoms with van der Waals surface area (Å²) in [6.45, 7) is 5.18. The molecule has 2 aromatic rings. The molecule has 0 aliphatic heterocycles. The zero-order valence-electron chi connectivity index (χ0n) is 9.66. The molecular weight excluding hydrogens is 216 g/mol. The number of thiocarbonyl (C=S) groups is 1. The maximum absolute atomic E-state index is 5.56. The van der Waals surface area contributed by atoms with E-state index in [2.05, 4.69) is 42.7 Å². The fraction of sp³-hybridized carbons (Fsp3) is 0.308. The molecule has 0 saturated carbocycles. The van der Waals surface area contributed by atoms with Gasteiger partial charge in [-0.3, -0.25) is 0 Å². The normalized spacial score (nSPS) is 10.9. The lowest BCUT2D eigenvalue weighted by atomic mass is 10.2. The van der Waals surface area contributed by atoms with Crippen molar-refractivity contribution in [2.45, 2.75) is 26.8 Å². The van der Waals surface area contributed by atoms with Crippen LogP contribution in [0.2, 0.25) is 0 Å². The molecule has 0 fully saturated rings. The highest BCUT2D eigenvalue weighted by Gasteiger charge is 2.09. The number of nitrogens with two attached hydrogens (primary N) is 1. The first-order valence-corrected chi connectivity index (χ1v) is 5.85. The minimum atomic E-state index is 0.579. The fourth-order valence-corrected chi connectivity index (χ4v) is 2.21. The van der Waals surface area contributed by atoms with E-state index >= 15 is 0 Å². The largest absolute Gasteiger partial charge is 0.393 e. The Morgan fingerprint density at radius 3 is 2.69 bits per heavy atom. The zero-order chi connectivity index (χ0) is 11.7. The van der Waals surface area contributed by atoms with Crippen LogP contribution in [0.25, 0.3) is 10.9 Å². The van der Waals surface area contributed by atoms with Crippen molar-refractivity contribution in [2.75, 3.05) is 0 Å². The lowest BCUT2D eigenvalue weighted by molar-refractivity contribution is 0.731. The summed E-state index contributed by atoms with van der Waals surface area (Å²) in [4.78, 5) is 0.579. The van der Waals surface area contributed by atoms with Crippen molar-refractivity contribution >= 4 is 28.1 Å². The third-order valence-electron chi connectivity index (χ3n) is 3.13. The Kier molecular flexibility index (Phi) is 2.97. The van der Waals surface area contributed by atoms with Gasteiger partial charge in [0.2, 0.25) is 0 Å². The van der Waals surface area contributed by atoms with E-state index in [1.54, 1.807) is 0 Å². The lowest BCUT2D eigenvalue weighted by Gasteiger charge is -2.07. The number of hydrogen-bond acceptors (Lipinski definition) is 1. The number of para-hydroxylation sites is 1. The Morgan fingerprint density at radius 2 is 2.00 bits per heavy atom. The van der Waals surface area contributed by atoms with Gasteiger partial charge in [0.15, 0.2) is 0 Å². The maximum Gasteiger partial charge on any atom is 0.0745 e. The molecule has 3 heteroatoms. The summed E-state index contributed by atoms with van der Waals surface area (Å²) in [7, 11) is 0.